The van der Waals surface area contributed by atoms with Crippen molar-refractivity contribution in [3.8, 4) is 6.07 Å². The summed E-state index contributed by atoms with van der Waals surface area (Å²) in [7, 11) is 0. The number of rotatable bonds is 13. The van der Waals surface area contributed by atoms with Crippen molar-refractivity contribution in [3.63, 3.8) is 0 Å². The molecule has 8 heteroatoms. The molecular weight excluding hydrogens is 509 g/mol. The van der Waals surface area contributed by atoms with E-state index in [1.165, 1.54) is 4.90 Å². The number of ether oxygens (including phenoxy) is 1. The second-order valence-electron chi connectivity index (χ2n) is 9.38. The van der Waals surface area contributed by atoms with Gasteiger partial charge in [0.25, 0.3) is 0 Å². The molecular formula is C29H39Cl2N3O3. The largest absolute Gasteiger partial charge is 0.374 e. The first-order valence-corrected chi connectivity index (χ1v) is 13.4. The highest BCUT2D eigenvalue weighted by Gasteiger charge is 2.32. The molecule has 5 unspecified atom stereocenters. The van der Waals surface area contributed by atoms with Gasteiger partial charge in [-0.15, -0.1) is 11.6 Å². The molecule has 37 heavy (non-hydrogen) atoms. The zero-order chi connectivity index (χ0) is 27.5. The van der Waals surface area contributed by atoms with Crippen LogP contribution in [0.15, 0.2) is 82.6 Å². The Kier molecular flexibility index (Phi) is 12.9. The van der Waals surface area contributed by atoms with E-state index in [1.54, 1.807) is 18.2 Å². The number of hydrogen-bond acceptors (Lipinski definition) is 6. The molecule has 0 bridgehead atoms. The number of allylic oxidation sites excluding steroid dienone is 10. The maximum atomic E-state index is 10.9. The van der Waals surface area contributed by atoms with Gasteiger partial charge in [-0.1, -0.05) is 74.6 Å². The molecule has 0 spiro atoms. The molecule has 0 radical (unpaired) electrons. The van der Waals surface area contributed by atoms with Gasteiger partial charge in [-0.05, 0) is 49.0 Å². The van der Waals surface area contributed by atoms with Gasteiger partial charge in [-0.25, -0.2) is 0 Å². The van der Waals surface area contributed by atoms with Crippen LogP contribution in [-0.4, -0.2) is 52.3 Å². The Balaban J connectivity index is 1.93. The minimum absolute atomic E-state index is 0.120. The maximum absolute atomic E-state index is 10.9. The third-order valence-electron chi connectivity index (χ3n) is 6.25. The van der Waals surface area contributed by atoms with E-state index in [9.17, 15) is 15.5 Å². The summed E-state index contributed by atoms with van der Waals surface area (Å²) in [6.07, 6.45) is 14.1. The molecule has 0 aromatic rings. The Labute approximate surface area is 231 Å². The summed E-state index contributed by atoms with van der Waals surface area (Å²) in [6.45, 7) is 12.2. The van der Waals surface area contributed by atoms with Crippen molar-refractivity contribution >= 4 is 23.2 Å². The fraction of sp³-hybridized carbons (Fsp3) is 0.483. The second kappa shape index (κ2) is 15.3. The molecule has 0 aliphatic heterocycles. The number of aliphatic hydroxyl groups excluding tert-OH is 2. The van der Waals surface area contributed by atoms with Gasteiger partial charge >= 0.3 is 0 Å². The molecule has 0 heterocycles. The summed E-state index contributed by atoms with van der Waals surface area (Å²) in [5.41, 5.74) is 3.31. The van der Waals surface area contributed by atoms with E-state index in [0.29, 0.717) is 31.7 Å². The van der Waals surface area contributed by atoms with Gasteiger partial charge in [0.2, 0.25) is 0 Å². The fourth-order valence-electron chi connectivity index (χ4n) is 4.17. The highest BCUT2D eigenvalue weighted by atomic mass is 35.5. The van der Waals surface area contributed by atoms with E-state index < -0.39 is 23.9 Å². The van der Waals surface area contributed by atoms with Crippen LogP contribution in [0.3, 0.4) is 0 Å². The zero-order valence-corrected chi connectivity index (χ0v) is 23.6. The lowest BCUT2D eigenvalue weighted by atomic mass is 9.93. The number of nitrogens with one attached hydrogen (secondary N) is 1. The van der Waals surface area contributed by atoms with Gasteiger partial charge in [0, 0.05) is 30.3 Å². The Morgan fingerprint density at radius 2 is 2.08 bits per heavy atom. The van der Waals surface area contributed by atoms with Crippen LogP contribution >= 0.6 is 23.2 Å². The zero-order valence-electron chi connectivity index (χ0n) is 22.1. The quantitative estimate of drug-likeness (QED) is 0.120. The first kappa shape index (κ1) is 31.1. The monoisotopic (exact) mass is 547 g/mol. The van der Waals surface area contributed by atoms with Gasteiger partial charge in [-0.3, -0.25) is 5.32 Å². The predicted molar refractivity (Wildman–Crippen MR) is 151 cm³/mol. The Morgan fingerprint density at radius 3 is 2.68 bits per heavy atom. The third kappa shape index (κ3) is 8.44. The predicted octanol–water partition coefficient (Wildman–Crippen LogP) is 5.64. The van der Waals surface area contributed by atoms with E-state index in [1.807, 2.05) is 58.1 Å². The number of aliphatic hydroxyl groups is 2. The maximum Gasteiger partial charge on any atom is 0.186 e. The highest BCUT2D eigenvalue weighted by Crippen LogP contribution is 2.32. The molecule has 0 aromatic carbocycles. The van der Waals surface area contributed by atoms with Crippen LogP contribution in [0.1, 0.15) is 40.5 Å². The van der Waals surface area contributed by atoms with E-state index >= 15 is 0 Å². The topological polar surface area (TPSA) is 88.8 Å². The number of hydrogen-bond donors (Lipinski definition) is 3. The summed E-state index contributed by atoms with van der Waals surface area (Å²) in [5, 5.41) is 34.4. The molecule has 6 nitrogen and oxygen atoms in total. The van der Waals surface area contributed by atoms with Crippen molar-refractivity contribution in [1.29, 1.82) is 5.26 Å². The van der Waals surface area contributed by atoms with Crippen molar-refractivity contribution < 1.29 is 14.9 Å². The van der Waals surface area contributed by atoms with E-state index in [2.05, 4.69) is 18.0 Å². The van der Waals surface area contributed by atoms with Gasteiger partial charge in [0.15, 0.2) is 6.35 Å². The van der Waals surface area contributed by atoms with Crippen LogP contribution in [0.5, 0.6) is 0 Å². The van der Waals surface area contributed by atoms with E-state index in [0.717, 1.165) is 21.8 Å². The van der Waals surface area contributed by atoms with Crippen LogP contribution in [0, 0.1) is 23.2 Å². The first-order valence-electron chi connectivity index (χ1n) is 12.6. The summed E-state index contributed by atoms with van der Waals surface area (Å²) >= 11 is 13.0. The number of nitriles is 1. The third-order valence-corrected chi connectivity index (χ3v) is 7.21. The lowest BCUT2D eigenvalue weighted by Gasteiger charge is -2.40. The van der Waals surface area contributed by atoms with Crippen LogP contribution < -0.4 is 5.32 Å². The molecule has 5 atom stereocenters. The second-order valence-corrected chi connectivity index (χ2v) is 10.3. The van der Waals surface area contributed by atoms with E-state index in [-0.39, 0.29) is 12.0 Å². The van der Waals surface area contributed by atoms with E-state index in [4.69, 9.17) is 27.9 Å². The smallest absolute Gasteiger partial charge is 0.186 e. The molecule has 202 valence electrons. The van der Waals surface area contributed by atoms with Gasteiger partial charge in [0.1, 0.15) is 6.23 Å². The fourth-order valence-corrected chi connectivity index (χ4v) is 4.74. The molecule has 0 aromatic heterocycles. The number of alkyl halides is 1. The number of nitrogens with zero attached hydrogens (tertiary/aromatic N) is 2. The van der Waals surface area contributed by atoms with Crippen molar-refractivity contribution in [2.24, 2.45) is 11.8 Å². The molecule has 0 saturated carbocycles. The SMILES string of the molecule is C=CC=C(C=CC)C1=C(Cl)CC(OCCCNC(O)N(C2=C(C)C(Cl)C(C#N)C=C2)C(O)C(C)C)C=C1. The Bertz CT molecular complexity index is 1020. The van der Waals surface area contributed by atoms with Crippen molar-refractivity contribution in [3.05, 3.63) is 82.6 Å². The van der Waals surface area contributed by atoms with Gasteiger partial charge < -0.3 is 19.8 Å². The van der Waals surface area contributed by atoms with Crippen LogP contribution in [0.4, 0.5) is 0 Å². The molecule has 0 amide bonds. The summed E-state index contributed by atoms with van der Waals surface area (Å²) in [4.78, 5) is 1.51. The molecule has 0 saturated heterocycles. The minimum atomic E-state index is -1.15. The molecule has 3 N–H and O–H groups in total. The number of halogens is 2. The van der Waals surface area contributed by atoms with Crippen molar-refractivity contribution in [2.75, 3.05) is 13.2 Å². The van der Waals surface area contributed by atoms with Crippen LogP contribution in [-0.2, 0) is 4.74 Å². The molecule has 0 fully saturated rings. The average molecular weight is 549 g/mol. The average Bonchev–Trinajstić information content (AvgIpc) is 2.86. The van der Waals surface area contributed by atoms with Crippen molar-refractivity contribution in [1.82, 2.24) is 10.2 Å². The first-order chi connectivity index (χ1) is 17.7. The van der Waals surface area contributed by atoms with Gasteiger partial charge in [0.05, 0.1) is 23.5 Å². The Hall–Kier alpha value is -2.11. The minimum Gasteiger partial charge on any atom is -0.374 e. The summed E-state index contributed by atoms with van der Waals surface area (Å²) < 4.78 is 5.98. The lowest BCUT2D eigenvalue weighted by Crippen LogP contribution is -2.52. The molecule has 2 aliphatic rings. The Morgan fingerprint density at radius 1 is 1.35 bits per heavy atom. The summed E-state index contributed by atoms with van der Waals surface area (Å²) in [5.74, 6) is -0.599. The van der Waals surface area contributed by atoms with Crippen LogP contribution in [0.25, 0.3) is 0 Å². The van der Waals surface area contributed by atoms with Crippen LogP contribution in [0.2, 0.25) is 0 Å². The molecule has 2 aliphatic carbocycles. The standard InChI is InChI=1S/C29H39Cl2N3O3/c1-6-9-21(10-7-2)24-13-12-23(17-25(24)30)37-16-8-15-33-29(36)34(28(35)19(3)4)26-14-11-22(18-32)27(31)20(26)5/h6-7,9-14,19,22-23,27-29,33,35-36H,1,8,15-17H2,2-5H3. The summed E-state index contributed by atoms with van der Waals surface area (Å²) in [6, 6.07) is 2.17. The normalized spacial score (nSPS) is 24.1. The lowest BCUT2D eigenvalue weighted by molar-refractivity contribution is -0.111. The molecule has 2 rings (SSSR count). The van der Waals surface area contributed by atoms with Crippen molar-refractivity contribution in [2.45, 2.75) is 64.6 Å². The highest BCUT2D eigenvalue weighted by molar-refractivity contribution is 6.30. The van der Waals surface area contributed by atoms with Gasteiger partial charge in [-0.2, -0.15) is 5.26 Å².